The van der Waals surface area contributed by atoms with Crippen molar-refractivity contribution in [3.63, 3.8) is 0 Å². The van der Waals surface area contributed by atoms with E-state index in [2.05, 4.69) is 6.92 Å². The lowest BCUT2D eigenvalue weighted by Gasteiger charge is -2.39. The standard InChI is InChI=1S/C23H21F3O2S/c1-2-9-18-14-16-21(17-15-18)29(19-10-5-3-6-11-19,20-12-7-4-8-13-20)28-22(27)23(24,25)26/h3-8,10-17H,2,9H2,1H3. The van der Waals surface area contributed by atoms with Crippen LogP contribution in [0.2, 0.25) is 0 Å². The fourth-order valence-corrected chi connectivity index (χ4v) is 6.10. The van der Waals surface area contributed by atoms with E-state index >= 15 is 0 Å². The van der Waals surface area contributed by atoms with Crippen LogP contribution in [0.5, 0.6) is 0 Å². The molecular weight excluding hydrogens is 397 g/mol. The summed E-state index contributed by atoms with van der Waals surface area (Å²) in [7, 11) is -2.92. The topological polar surface area (TPSA) is 26.3 Å². The number of hydrogen-bond donors (Lipinski definition) is 0. The van der Waals surface area contributed by atoms with E-state index in [-0.39, 0.29) is 0 Å². The minimum Gasteiger partial charge on any atom is -0.395 e. The number of hydrogen-bond acceptors (Lipinski definition) is 2. The molecule has 0 aliphatic heterocycles. The quantitative estimate of drug-likeness (QED) is 0.433. The molecule has 0 spiro atoms. The summed E-state index contributed by atoms with van der Waals surface area (Å²) in [6.07, 6.45) is -3.27. The highest BCUT2D eigenvalue weighted by atomic mass is 32.3. The maximum atomic E-state index is 13.2. The number of alkyl halides is 3. The van der Waals surface area contributed by atoms with Gasteiger partial charge in [0, 0.05) is 14.7 Å². The number of rotatable bonds is 6. The summed E-state index contributed by atoms with van der Waals surface area (Å²) in [4.78, 5) is 13.6. The van der Waals surface area contributed by atoms with Crippen molar-refractivity contribution in [3.05, 3.63) is 90.5 Å². The van der Waals surface area contributed by atoms with Gasteiger partial charge in [-0.2, -0.15) is 13.2 Å². The van der Waals surface area contributed by atoms with E-state index in [4.69, 9.17) is 4.18 Å². The van der Waals surface area contributed by atoms with Crippen LogP contribution in [0.4, 0.5) is 13.2 Å². The second-order valence-corrected chi connectivity index (χ2v) is 9.14. The highest BCUT2D eigenvalue weighted by molar-refractivity contribution is 8.30. The van der Waals surface area contributed by atoms with Gasteiger partial charge in [0.05, 0.1) is 0 Å². The first kappa shape index (κ1) is 21.0. The second-order valence-electron chi connectivity index (χ2n) is 6.44. The molecule has 152 valence electrons. The first-order chi connectivity index (χ1) is 13.9. The van der Waals surface area contributed by atoms with Gasteiger partial charge < -0.3 is 4.18 Å². The Labute approximate surface area is 169 Å². The van der Waals surface area contributed by atoms with Gasteiger partial charge in [-0.15, -0.1) is 0 Å². The normalized spacial score (nSPS) is 12.4. The Balaban J connectivity index is 2.26. The SMILES string of the molecule is CCCc1ccc(S(OC(=O)C(F)(F)F)(c2ccccc2)c2ccccc2)cc1. The van der Waals surface area contributed by atoms with Crippen LogP contribution in [-0.4, -0.2) is 12.1 Å². The van der Waals surface area contributed by atoms with Gasteiger partial charge in [0.1, 0.15) is 0 Å². The van der Waals surface area contributed by atoms with E-state index in [1.54, 1.807) is 72.8 Å². The van der Waals surface area contributed by atoms with Crippen LogP contribution in [0.15, 0.2) is 99.6 Å². The highest BCUT2D eigenvalue weighted by Crippen LogP contribution is 2.69. The van der Waals surface area contributed by atoms with Crippen LogP contribution in [0.3, 0.4) is 0 Å². The molecule has 3 rings (SSSR count). The van der Waals surface area contributed by atoms with Crippen molar-refractivity contribution in [3.8, 4) is 0 Å². The summed E-state index contributed by atoms with van der Waals surface area (Å²) in [6, 6.07) is 24.6. The van der Waals surface area contributed by atoms with Gasteiger partial charge in [-0.1, -0.05) is 61.9 Å². The van der Waals surface area contributed by atoms with Crippen molar-refractivity contribution in [2.75, 3.05) is 0 Å². The van der Waals surface area contributed by atoms with Gasteiger partial charge in [-0.3, -0.25) is 0 Å². The minimum absolute atomic E-state index is 0.520. The fraction of sp³-hybridized carbons (Fsp3) is 0.174. The molecule has 3 aromatic carbocycles. The Morgan fingerprint density at radius 1 is 0.793 bits per heavy atom. The van der Waals surface area contributed by atoms with Crippen molar-refractivity contribution in [2.24, 2.45) is 0 Å². The highest BCUT2D eigenvalue weighted by Gasteiger charge is 2.47. The summed E-state index contributed by atoms with van der Waals surface area (Å²) in [6.45, 7) is 2.06. The number of benzene rings is 3. The monoisotopic (exact) mass is 418 g/mol. The molecule has 0 aliphatic rings. The molecule has 0 saturated carbocycles. The van der Waals surface area contributed by atoms with Gasteiger partial charge in [0.15, 0.2) is 0 Å². The smallest absolute Gasteiger partial charge is 0.395 e. The lowest BCUT2D eigenvalue weighted by atomic mass is 10.1. The predicted octanol–water partition coefficient (Wildman–Crippen LogP) is 6.94. The molecule has 0 atom stereocenters. The molecule has 0 aromatic heterocycles. The van der Waals surface area contributed by atoms with E-state index < -0.39 is 22.5 Å². The lowest BCUT2D eigenvalue weighted by Crippen LogP contribution is -2.27. The van der Waals surface area contributed by atoms with Crippen LogP contribution in [0.1, 0.15) is 18.9 Å². The Kier molecular flexibility index (Phi) is 6.33. The van der Waals surface area contributed by atoms with Crippen LogP contribution in [-0.2, 0) is 15.4 Å². The zero-order chi connectivity index (χ0) is 20.9. The lowest BCUT2D eigenvalue weighted by molar-refractivity contribution is -0.188. The van der Waals surface area contributed by atoms with Gasteiger partial charge in [0.25, 0.3) is 0 Å². The van der Waals surface area contributed by atoms with E-state index in [1.165, 1.54) is 0 Å². The largest absolute Gasteiger partial charge is 0.491 e. The van der Waals surface area contributed by atoms with E-state index in [0.29, 0.717) is 14.7 Å². The molecule has 0 bridgehead atoms. The molecule has 6 heteroatoms. The van der Waals surface area contributed by atoms with Gasteiger partial charge in [-0.25, -0.2) is 4.79 Å². The number of carbonyl (C=O) groups is 1. The third-order valence-corrected chi connectivity index (χ3v) is 7.59. The molecule has 0 heterocycles. The zero-order valence-electron chi connectivity index (χ0n) is 15.9. The first-order valence-corrected chi connectivity index (χ1v) is 10.8. The number of carbonyl (C=O) groups excluding carboxylic acids is 1. The minimum atomic E-state index is -5.09. The summed E-state index contributed by atoms with van der Waals surface area (Å²) in [5, 5.41) is 0. The molecule has 2 nitrogen and oxygen atoms in total. The molecular formula is C23H21F3O2S. The third kappa shape index (κ3) is 4.48. The summed E-state index contributed by atoms with van der Waals surface area (Å²) >= 11 is 0. The molecule has 29 heavy (non-hydrogen) atoms. The Morgan fingerprint density at radius 2 is 1.24 bits per heavy atom. The van der Waals surface area contributed by atoms with Gasteiger partial charge in [0.2, 0.25) is 0 Å². The van der Waals surface area contributed by atoms with Crippen LogP contribution in [0.25, 0.3) is 0 Å². The summed E-state index contributed by atoms with van der Waals surface area (Å²) < 4.78 is 45.1. The third-order valence-electron chi connectivity index (χ3n) is 4.38. The fourth-order valence-electron chi connectivity index (χ4n) is 3.07. The maximum absolute atomic E-state index is 13.2. The molecule has 0 fully saturated rings. The van der Waals surface area contributed by atoms with E-state index in [0.717, 1.165) is 18.4 Å². The van der Waals surface area contributed by atoms with E-state index in [9.17, 15) is 18.0 Å². The molecule has 0 radical (unpaired) electrons. The van der Waals surface area contributed by atoms with Crippen LogP contribution >= 0.6 is 10.3 Å². The molecule has 0 saturated heterocycles. The molecule has 0 amide bonds. The van der Waals surface area contributed by atoms with E-state index in [1.807, 2.05) is 12.1 Å². The van der Waals surface area contributed by atoms with Crippen molar-refractivity contribution in [1.82, 2.24) is 0 Å². The summed E-state index contributed by atoms with van der Waals surface area (Å²) in [5.41, 5.74) is 1.08. The van der Waals surface area contributed by atoms with Crippen molar-refractivity contribution in [2.45, 2.75) is 40.6 Å². The average molecular weight is 418 g/mol. The van der Waals surface area contributed by atoms with Gasteiger partial charge >= 0.3 is 12.1 Å². The van der Waals surface area contributed by atoms with Crippen LogP contribution < -0.4 is 0 Å². The van der Waals surface area contributed by atoms with Crippen molar-refractivity contribution >= 4 is 16.3 Å². The molecule has 3 aromatic rings. The number of halogens is 3. The summed E-state index contributed by atoms with van der Waals surface area (Å²) in [5.74, 6) is -2.20. The van der Waals surface area contributed by atoms with Crippen molar-refractivity contribution < 1.29 is 22.1 Å². The molecule has 0 unspecified atom stereocenters. The maximum Gasteiger partial charge on any atom is 0.491 e. The predicted molar refractivity (Wildman–Crippen MR) is 108 cm³/mol. The van der Waals surface area contributed by atoms with Crippen molar-refractivity contribution in [1.29, 1.82) is 0 Å². The van der Waals surface area contributed by atoms with Gasteiger partial charge in [-0.05, 0) is 58.7 Å². The molecule has 0 aliphatic carbocycles. The average Bonchev–Trinajstić information content (AvgIpc) is 2.73. The Hall–Kier alpha value is -2.73. The second kappa shape index (κ2) is 8.74. The Morgan fingerprint density at radius 3 is 1.66 bits per heavy atom. The number of aryl methyl sites for hydroxylation is 1. The Bertz CT molecular complexity index is 900. The molecule has 0 N–H and O–H groups in total. The zero-order valence-corrected chi connectivity index (χ0v) is 16.7. The first-order valence-electron chi connectivity index (χ1n) is 9.21. The van der Waals surface area contributed by atoms with Crippen LogP contribution in [0, 0.1) is 0 Å².